The summed E-state index contributed by atoms with van der Waals surface area (Å²) in [6.07, 6.45) is 1.60. The highest BCUT2D eigenvalue weighted by atomic mass is 16.6. The molecule has 1 N–H and O–H groups in total. The summed E-state index contributed by atoms with van der Waals surface area (Å²) >= 11 is 0. The van der Waals surface area contributed by atoms with Crippen LogP contribution in [0.2, 0.25) is 0 Å². The number of nitrogens with zero attached hydrogens (tertiary/aromatic N) is 6. The molecule has 0 bridgehead atoms. The van der Waals surface area contributed by atoms with Gasteiger partial charge in [0, 0.05) is 19.6 Å². The first-order valence-corrected chi connectivity index (χ1v) is 6.37. The quantitative estimate of drug-likeness (QED) is 0.561. The molecule has 1 rings (SSSR count). The topological polar surface area (TPSA) is 132 Å². The predicted molar refractivity (Wildman–Crippen MR) is 75.5 cm³/mol. The monoisotopic (exact) mass is 289 g/mol. The van der Waals surface area contributed by atoms with E-state index in [0.717, 1.165) is 0 Å². The largest absolute Gasteiger partial charge is 0.364 e. The molecule has 0 amide bonds. The molecule has 0 spiro atoms. The van der Waals surface area contributed by atoms with Crippen LogP contribution in [-0.2, 0) is 0 Å². The Labute approximate surface area is 122 Å². The summed E-state index contributed by atoms with van der Waals surface area (Å²) in [5.74, 6) is 0.253. The van der Waals surface area contributed by atoms with Crippen molar-refractivity contribution in [2.45, 2.75) is 19.8 Å². The van der Waals surface area contributed by atoms with E-state index >= 15 is 0 Å². The Balaban J connectivity index is 3.22. The fourth-order valence-corrected chi connectivity index (χ4v) is 1.76. The van der Waals surface area contributed by atoms with Crippen LogP contribution in [0.3, 0.4) is 0 Å². The van der Waals surface area contributed by atoms with Gasteiger partial charge in [-0.05, 0) is 6.92 Å². The van der Waals surface area contributed by atoms with E-state index in [0.29, 0.717) is 6.54 Å². The first kappa shape index (κ1) is 16.1. The minimum atomic E-state index is -0.556. The molecule has 0 radical (unpaired) electrons. The third-order valence-corrected chi connectivity index (χ3v) is 2.62. The Hall–Kier alpha value is -2.94. The number of nitrogens with one attached hydrogen (secondary N) is 1. The van der Waals surface area contributed by atoms with Gasteiger partial charge in [-0.2, -0.15) is 10.5 Å². The van der Waals surface area contributed by atoms with Crippen molar-refractivity contribution in [1.82, 2.24) is 9.97 Å². The maximum Gasteiger partial charge on any atom is 0.353 e. The van der Waals surface area contributed by atoms with Crippen LogP contribution in [0.5, 0.6) is 0 Å². The fourth-order valence-electron chi connectivity index (χ4n) is 1.76. The smallest absolute Gasteiger partial charge is 0.353 e. The van der Waals surface area contributed by atoms with Gasteiger partial charge in [-0.15, -0.1) is 0 Å². The van der Waals surface area contributed by atoms with Crippen molar-refractivity contribution in [3.63, 3.8) is 0 Å². The van der Waals surface area contributed by atoms with E-state index in [1.807, 2.05) is 12.1 Å². The van der Waals surface area contributed by atoms with E-state index in [2.05, 4.69) is 15.3 Å². The van der Waals surface area contributed by atoms with Gasteiger partial charge in [0.15, 0.2) is 0 Å². The first-order valence-electron chi connectivity index (χ1n) is 6.37. The summed E-state index contributed by atoms with van der Waals surface area (Å²) < 4.78 is 0. The lowest BCUT2D eigenvalue weighted by Gasteiger charge is -2.21. The Morgan fingerprint density at radius 1 is 1.33 bits per heavy atom. The van der Waals surface area contributed by atoms with Crippen molar-refractivity contribution in [1.29, 1.82) is 10.5 Å². The zero-order valence-corrected chi connectivity index (χ0v) is 11.6. The van der Waals surface area contributed by atoms with E-state index < -0.39 is 4.92 Å². The normalized spacial score (nSPS) is 9.48. The van der Waals surface area contributed by atoms with Gasteiger partial charge < -0.3 is 10.2 Å². The van der Waals surface area contributed by atoms with Crippen LogP contribution in [0.25, 0.3) is 0 Å². The molecule has 0 unspecified atom stereocenters. The second-order valence-corrected chi connectivity index (χ2v) is 3.99. The van der Waals surface area contributed by atoms with Gasteiger partial charge >= 0.3 is 5.69 Å². The summed E-state index contributed by atoms with van der Waals surface area (Å²) in [5.41, 5.74) is -0.241. The van der Waals surface area contributed by atoms with E-state index in [9.17, 15) is 10.1 Å². The zero-order valence-electron chi connectivity index (χ0n) is 11.6. The predicted octanol–water partition coefficient (Wildman–Crippen LogP) is 1.45. The molecule has 1 aromatic rings. The summed E-state index contributed by atoms with van der Waals surface area (Å²) in [7, 11) is 0. The van der Waals surface area contributed by atoms with Crippen molar-refractivity contribution in [2.75, 3.05) is 29.9 Å². The minimum Gasteiger partial charge on any atom is -0.364 e. The second-order valence-electron chi connectivity index (χ2n) is 3.99. The van der Waals surface area contributed by atoms with Crippen LogP contribution in [0.1, 0.15) is 19.8 Å². The Kier molecular flexibility index (Phi) is 6.35. The Morgan fingerprint density at radius 2 is 1.95 bits per heavy atom. The van der Waals surface area contributed by atoms with Crippen molar-refractivity contribution in [3.05, 3.63) is 16.4 Å². The number of rotatable bonds is 8. The van der Waals surface area contributed by atoms with E-state index in [1.54, 1.807) is 11.8 Å². The van der Waals surface area contributed by atoms with Gasteiger partial charge in [0.1, 0.15) is 6.33 Å². The zero-order chi connectivity index (χ0) is 15.7. The van der Waals surface area contributed by atoms with Crippen LogP contribution in [0.4, 0.5) is 17.3 Å². The SMILES string of the molecule is CCNc1ncnc(N(CCC#N)CCC#N)c1[N+](=O)[O-]. The van der Waals surface area contributed by atoms with Gasteiger partial charge in [0.05, 0.1) is 29.9 Å². The number of anilines is 2. The molecule has 0 saturated carbocycles. The number of nitro groups is 1. The van der Waals surface area contributed by atoms with Crippen molar-refractivity contribution < 1.29 is 4.92 Å². The number of hydrogen-bond donors (Lipinski definition) is 1. The molecule has 1 aromatic heterocycles. The summed E-state index contributed by atoms with van der Waals surface area (Å²) in [6.45, 7) is 2.81. The molecule has 0 fully saturated rings. The van der Waals surface area contributed by atoms with Crippen LogP contribution >= 0.6 is 0 Å². The number of hydrogen-bond acceptors (Lipinski definition) is 8. The molecule has 0 aromatic carbocycles. The number of aromatic nitrogens is 2. The molecule has 0 aliphatic rings. The van der Waals surface area contributed by atoms with Gasteiger partial charge in [-0.3, -0.25) is 10.1 Å². The molecule has 0 aliphatic carbocycles. The van der Waals surface area contributed by atoms with E-state index in [4.69, 9.17) is 10.5 Å². The second kappa shape index (κ2) is 8.27. The number of nitriles is 2. The van der Waals surface area contributed by atoms with Crippen molar-refractivity contribution >= 4 is 17.3 Å². The lowest BCUT2D eigenvalue weighted by molar-refractivity contribution is -0.383. The maximum atomic E-state index is 11.3. The van der Waals surface area contributed by atoms with Gasteiger partial charge in [0.2, 0.25) is 11.6 Å². The molecular weight excluding hydrogens is 274 g/mol. The fraction of sp³-hybridized carbons (Fsp3) is 0.500. The van der Waals surface area contributed by atoms with Crippen LogP contribution in [0, 0.1) is 32.8 Å². The van der Waals surface area contributed by atoms with Crippen molar-refractivity contribution in [3.8, 4) is 12.1 Å². The molecule has 110 valence electrons. The molecule has 9 nitrogen and oxygen atoms in total. The lowest BCUT2D eigenvalue weighted by Crippen LogP contribution is -2.27. The van der Waals surface area contributed by atoms with Gasteiger partial charge in [0.25, 0.3) is 0 Å². The Morgan fingerprint density at radius 3 is 2.43 bits per heavy atom. The van der Waals surface area contributed by atoms with Gasteiger partial charge in [-0.1, -0.05) is 0 Å². The average Bonchev–Trinajstić information content (AvgIpc) is 2.47. The molecule has 21 heavy (non-hydrogen) atoms. The third kappa shape index (κ3) is 4.28. The molecule has 0 atom stereocenters. The third-order valence-electron chi connectivity index (χ3n) is 2.62. The summed E-state index contributed by atoms with van der Waals surface area (Å²) in [4.78, 5) is 20.1. The van der Waals surface area contributed by atoms with Crippen LogP contribution < -0.4 is 10.2 Å². The highest BCUT2D eigenvalue weighted by molar-refractivity contribution is 5.70. The Bertz CT molecular complexity index is 558. The summed E-state index contributed by atoms with van der Waals surface area (Å²) in [5, 5.41) is 31.5. The van der Waals surface area contributed by atoms with Crippen LogP contribution in [0.15, 0.2) is 6.33 Å². The average molecular weight is 289 g/mol. The molecular formula is C12H15N7O2. The minimum absolute atomic E-state index is 0.122. The maximum absolute atomic E-state index is 11.3. The van der Waals surface area contributed by atoms with Gasteiger partial charge in [-0.25, -0.2) is 9.97 Å². The lowest BCUT2D eigenvalue weighted by atomic mass is 10.3. The molecule has 9 heteroatoms. The highest BCUT2D eigenvalue weighted by Crippen LogP contribution is 2.31. The molecule has 1 heterocycles. The van der Waals surface area contributed by atoms with E-state index in [-0.39, 0.29) is 43.3 Å². The first-order chi connectivity index (χ1) is 10.2. The highest BCUT2D eigenvalue weighted by Gasteiger charge is 2.26. The molecule has 0 saturated heterocycles. The standard InChI is InChI=1S/C12H15N7O2/c1-2-15-11-10(19(20)21)12(17-9-16-11)18(7-3-5-13)8-4-6-14/h9H,2-4,7-8H2,1H3,(H,15,16,17). The van der Waals surface area contributed by atoms with E-state index in [1.165, 1.54) is 6.33 Å². The van der Waals surface area contributed by atoms with Crippen molar-refractivity contribution in [2.24, 2.45) is 0 Å². The molecule has 0 aliphatic heterocycles. The van der Waals surface area contributed by atoms with Crippen LogP contribution in [-0.4, -0.2) is 34.5 Å². The summed E-state index contributed by atoms with van der Waals surface area (Å²) in [6, 6.07) is 3.96.